The summed E-state index contributed by atoms with van der Waals surface area (Å²) in [6.07, 6.45) is 2.83. The first-order chi connectivity index (χ1) is 11.6. The van der Waals surface area contributed by atoms with Gasteiger partial charge in [-0.2, -0.15) is 0 Å². The summed E-state index contributed by atoms with van der Waals surface area (Å²) in [5.74, 6) is 0.161. The Balaban J connectivity index is 1.48. The summed E-state index contributed by atoms with van der Waals surface area (Å²) >= 11 is 0. The molecule has 1 spiro atoms. The molecule has 3 rings (SSSR count). The molecular formula is C19H28N2O3. The number of carbonyl (C=O) groups is 1. The lowest BCUT2D eigenvalue weighted by Crippen LogP contribution is -2.56. The van der Waals surface area contributed by atoms with Crippen molar-refractivity contribution in [3.05, 3.63) is 35.9 Å². The van der Waals surface area contributed by atoms with Crippen molar-refractivity contribution in [3.63, 3.8) is 0 Å². The first-order valence-electron chi connectivity index (χ1n) is 8.91. The summed E-state index contributed by atoms with van der Waals surface area (Å²) in [6, 6.07) is 10.2. The number of aliphatic hydroxyl groups is 1. The van der Waals surface area contributed by atoms with Crippen LogP contribution in [-0.4, -0.2) is 65.8 Å². The largest absolute Gasteiger partial charge is 0.390 e. The number of likely N-dealkylation sites (N-methyl/N-ethyl adjacent to an activating group) is 1. The zero-order valence-corrected chi connectivity index (χ0v) is 14.5. The van der Waals surface area contributed by atoms with Gasteiger partial charge in [0.2, 0.25) is 5.91 Å². The van der Waals surface area contributed by atoms with E-state index in [0.717, 1.165) is 38.8 Å². The number of benzene rings is 1. The highest BCUT2D eigenvalue weighted by atomic mass is 16.5. The highest BCUT2D eigenvalue weighted by molar-refractivity contribution is 5.78. The van der Waals surface area contributed by atoms with Crippen molar-refractivity contribution < 1.29 is 14.6 Å². The van der Waals surface area contributed by atoms with Crippen molar-refractivity contribution in [2.75, 3.05) is 33.3 Å². The topological polar surface area (TPSA) is 53.0 Å². The van der Waals surface area contributed by atoms with Crippen molar-refractivity contribution in [1.29, 1.82) is 0 Å². The Kier molecular flexibility index (Phi) is 5.54. The molecule has 1 N–H and O–H groups in total. The van der Waals surface area contributed by atoms with Gasteiger partial charge in [0.25, 0.3) is 0 Å². The van der Waals surface area contributed by atoms with E-state index < -0.39 is 5.60 Å². The molecule has 2 fully saturated rings. The highest BCUT2D eigenvalue weighted by Gasteiger charge is 2.44. The van der Waals surface area contributed by atoms with Gasteiger partial charge < -0.3 is 14.7 Å². The van der Waals surface area contributed by atoms with Crippen LogP contribution in [0.15, 0.2) is 30.3 Å². The lowest BCUT2D eigenvalue weighted by molar-refractivity contribution is -0.179. The first-order valence-corrected chi connectivity index (χ1v) is 8.91. The number of piperidine rings is 1. The fraction of sp³-hybridized carbons (Fsp3) is 0.632. The molecule has 2 saturated heterocycles. The van der Waals surface area contributed by atoms with Gasteiger partial charge in [-0.1, -0.05) is 30.3 Å². The van der Waals surface area contributed by atoms with Crippen LogP contribution in [0.1, 0.15) is 31.2 Å². The van der Waals surface area contributed by atoms with E-state index in [1.807, 2.05) is 35.0 Å². The lowest BCUT2D eigenvalue weighted by atomic mass is 9.82. The third-order valence-electron chi connectivity index (χ3n) is 5.28. The molecule has 0 saturated carbocycles. The number of nitrogens with zero attached hydrogens (tertiary/aromatic N) is 2. The molecule has 2 aliphatic rings. The third-order valence-corrected chi connectivity index (χ3v) is 5.28. The van der Waals surface area contributed by atoms with Gasteiger partial charge in [-0.05, 0) is 38.3 Å². The second-order valence-corrected chi connectivity index (χ2v) is 7.11. The molecule has 132 valence electrons. The van der Waals surface area contributed by atoms with Crippen LogP contribution in [-0.2, 0) is 16.1 Å². The Morgan fingerprint density at radius 3 is 2.71 bits per heavy atom. The number of aliphatic hydroxyl groups excluding tert-OH is 1. The minimum atomic E-state index is -0.412. The SMILES string of the molecule is CN(CC(=O)N1CCC2(CC1)OCCC[C@@H]2O)Cc1ccccc1. The first kappa shape index (κ1) is 17.4. The maximum Gasteiger partial charge on any atom is 0.236 e. The van der Waals surface area contributed by atoms with E-state index in [1.54, 1.807) is 0 Å². The van der Waals surface area contributed by atoms with Gasteiger partial charge in [0.1, 0.15) is 0 Å². The van der Waals surface area contributed by atoms with Crippen molar-refractivity contribution in [1.82, 2.24) is 9.80 Å². The van der Waals surface area contributed by atoms with E-state index in [2.05, 4.69) is 12.1 Å². The van der Waals surface area contributed by atoms with Crippen molar-refractivity contribution in [2.24, 2.45) is 0 Å². The Labute approximate surface area is 144 Å². The maximum atomic E-state index is 12.5. The standard InChI is InChI=1S/C19H28N2O3/c1-20(14-16-6-3-2-4-7-16)15-18(23)21-11-9-19(10-12-21)17(22)8-5-13-24-19/h2-4,6-7,17,22H,5,8-15H2,1H3/t17-/m0/s1. The van der Waals surface area contributed by atoms with Gasteiger partial charge in [-0.25, -0.2) is 0 Å². The maximum absolute atomic E-state index is 12.5. The Morgan fingerprint density at radius 2 is 2.04 bits per heavy atom. The van der Waals surface area contributed by atoms with E-state index in [9.17, 15) is 9.90 Å². The minimum Gasteiger partial charge on any atom is -0.390 e. The number of amides is 1. The van der Waals surface area contributed by atoms with E-state index in [4.69, 9.17) is 4.74 Å². The molecule has 1 aromatic rings. The van der Waals surface area contributed by atoms with Crippen molar-refractivity contribution in [3.8, 4) is 0 Å². The van der Waals surface area contributed by atoms with Crippen LogP contribution in [0, 0.1) is 0 Å². The molecule has 2 aliphatic heterocycles. The molecule has 5 heteroatoms. The molecule has 1 amide bonds. The van der Waals surface area contributed by atoms with Crippen LogP contribution in [0.3, 0.4) is 0 Å². The van der Waals surface area contributed by atoms with E-state index >= 15 is 0 Å². The van der Waals surface area contributed by atoms with Gasteiger partial charge >= 0.3 is 0 Å². The molecule has 1 atom stereocenters. The number of hydrogen-bond donors (Lipinski definition) is 1. The summed E-state index contributed by atoms with van der Waals surface area (Å²) in [6.45, 7) is 3.27. The van der Waals surface area contributed by atoms with Crippen molar-refractivity contribution >= 4 is 5.91 Å². The van der Waals surface area contributed by atoms with Crippen LogP contribution in [0.2, 0.25) is 0 Å². The molecule has 24 heavy (non-hydrogen) atoms. The van der Waals surface area contributed by atoms with Crippen molar-refractivity contribution in [2.45, 2.75) is 43.9 Å². The summed E-state index contributed by atoms with van der Waals surface area (Å²) in [7, 11) is 1.98. The summed E-state index contributed by atoms with van der Waals surface area (Å²) < 4.78 is 5.91. The molecule has 2 heterocycles. The normalized spacial score (nSPS) is 23.6. The third kappa shape index (κ3) is 3.97. The zero-order valence-electron chi connectivity index (χ0n) is 14.5. The highest BCUT2D eigenvalue weighted by Crippen LogP contribution is 2.35. The lowest BCUT2D eigenvalue weighted by Gasteiger charge is -2.46. The molecule has 0 radical (unpaired) electrons. The predicted molar refractivity (Wildman–Crippen MR) is 92.5 cm³/mol. The van der Waals surface area contributed by atoms with Crippen LogP contribution in [0.25, 0.3) is 0 Å². The molecular weight excluding hydrogens is 304 g/mol. The van der Waals surface area contributed by atoms with Crippen LogP contribution in [0.5, 0.6) is 0 Å². The van der Waals surface area contributed by atoms with E-state index in [1.165, 1.54) is 5.56 Å². The second kappa shape index (κ2) is 7.64. The predicted octanol–water partition coefficient (Wildman–Crippen LogP) is 1.65. The monoisotopic (exact) mass is 332 g/mol. The Morgan fingerprint density at radius 1 is 1.33 bits per heavy atom. The van der Waals surface area contributed by atoms with Gasteiger partial charge in [-0.3, -0.25) is 9.69 Å². The molecule has 1 aromatic carbocycles. The molecule has 0 aliphatic carbocycles. The quantitative estimate of drug-likeness (QED) is 0.911. The van der Waals surface area contributed by atoms with Gasteiger partial charge in [0, 0.05) is 26.2 Å². The Hall–Kier alpha value is -1.43. The molecule has 0 bridgehead atoms. The summed E-state index contributed by atoms with van der Waals surface area (Å²) in [4.78, 5) is 16.5. The minimum absolute atomic E-state index is 0.161. The van der Waals surface area contributed by atoms with E-state index in [0.29, 0.717) is 19.6 Å². The van der Waals surface area contributed by atoms with E-state index in [-0.39, 0.29) is 12.0 Å². The van der Waals surface area contributed by atoms with Crippen LogP contribution >= 0.6 is 0 Å². The molecule has 5 nitrogen and oxygen atoms in total. The number of rotatable bonds is 4. The average molecular weight is 332 g/mol. The molecule has 0 unspecified atom stereocenters. The number of carbonyl (C=O) groups excluding carboxylic acids is 1. The van der Waals surface area contributed by atoms with Gasteiger partial charge in [-0.15, -0.1) is 0 Å². The van der Waals surface area contributed by atoms with Gasteiger partial charge in [0.05, 0.1) is 18.2 Å². The fourth-order valence-electron chi connectivity index (χ4n) is 3.81. The second-order valence-electron chi connectivity index (χ2n) is 7.11. The van der Waals surface area contributed by atoms with Crippen LogP contribution in [0.4, 0.5) is 0 Å². The summed E-state index contributed by atoms with van der Waals surface area (Å²) in [5.41, 5.74) is 0.800. The molecule has 0 aromatic heterocycles. The van der Waals surface area contributed by atoms with Gasteiger partial charge in [0.15, 0.2) is 0 Å². The fourth-order valence-corrected chi connectivity index (χ4v) is 3.81. The average Bonchev–Trinajstić information content (AvgIpc) is 2.59. The number of hydrogen-bond acceptors (Lipinski definition) is 4. The number of likely N-dealkylation sites (tertiary alicyclic amines) is 1. The smallest absolute Gasteiger partial charge is 0.236 e. The van der Waals surface area contributed by atoms with Crippen LogP contribution < -0.4 is 0 Å². The zero-order chi connectivity index (χ0) is 17.0. The summed E-state index contributed by atoms with van der Waals surface area (Å²) in [5, 5.41) is 10.3. The number of ether oxygens (including phenoxy) is 1. The Bertz CT molecular complexity index is 541.